The number of likely N-dealkylation sites (N-methyl/N-ethyl adjacent to an activating group) is 1. The molecular formula is C13H27N3S. The molecule has 1 N–H and O–H groups in total. The van der Waals surface area contributed by atoms with E-state index in [1.165, 1.54) is 12.2 Å². The van der Waals surface area contributed by atoms with E-state index in [1.54, 1.807) is 0 Å². The quantitative estimate of drug-likeness (QED) is 0.820. The average Bonchev–Trinajstić information content (AvgIpc) is 2.32. The third-order valence-electron chi connectivity index (χ3n) is 3.74. The highest BCUT2D eigenvalue weighted by Gasteiger charge is 2.20. The lowest BCUT2D eigenvalue weighted by molar-refractivity contribution is 0.259. The molecule has 3 nitrogen and oxygen atoms in total. The van der Waals surface area contributed by atoms with E-state index in [0.29, 0.717) is 12.1 Å². The standard InChI is InChI=1S/C13H27N3S/c1-6-11(3)16(5)8-7-14-13-15-12(4)10(2)9-17-13/h10-12H,6-9H2,1-5H3,(H,14,15). The molecule has 0 spiro atoms. The fourth-order valence-corrected chi connectivity index (χ4v) is 2.83. The van der Waals surface area contributed by atoms with Crippen LogP contribution >= 0.6 is 11.8 Å². The summed E-state index contributed by atoms with van der Waals surface area (Å²) in [6.45, 7) is 11.0. The van der Waals surface area contributed by atoms with E-state index >= 15 is 0 Å². The Kier molecular flexibility index (Phi) is 6.34. The molecule has 1 aliphatic heterocycles. The molecule has 1 heterocycles. The summed E-state index contributed by atoms with van der Waals surface area (Å²) in [7, 11) is 2.18. The van der Waals surface area contributed by atoms with Crippen LogP contribution in [0.2, 0.25) is 0 Å². The Morgan fingerprint density at radius 3 is 2.82 bits per heavy atom. The Hall–Kier alpha value is -0.220. The van der Waals surface area contributed by atoms with Gasteiger partial charge in [-0.05, 0) is 33.2 Å². The van der Waals surface area contributed by atoms with Gasteiger partial charge < -0.3 is 10.2 Å². The molecule has 3 atom stereocenters. The first-order valence-corrected chi connectivity index (χ1v) is 7.67. The molecule has 1 saturated heterocycles. The predicted molar refractivity (Wildman–Crippen MR) is 78.9 cm³/mol. The molecule has 1 aliphatic rings. The zero-order chi connectivity index (χ0) is 12.8. The molecule has 0 aromatic rings. The highest BCUT2D eigenvalue weighted by molar-refractivity contribution is 8.13. The van der Waals surface area contributed by atoms with E-state index < -0.39 is 0 Å². The van der Waals surface area contributed by atoms with Crippen molar-refractivity contribution in [2.45, 2.75) is 46.2 Å². The van der Waals surface area contributed by atoms with E-state index in [9.17, 15) is 0 Å². The summed E-state index contributed by atoms with van der Waals surface area (Å²) < 4.78 is 0. The van der Waals surface area contributed by atoms with Crippen LogP contribution in [-0.4, -0.2) is 48.0 Å². The molecule has 3 unspecified atom stereocenters. The molecule has 1 fully saturated rings. The first kappa shape index (κ1) is 14.8. The molecule has 0 bridgehead atoms. The highest BCUT2D eigenvalue weighted by Crippen LogP contribution is 2.19. The van der Waals surface area contributed by atoms with Gasteiger partial charge in [0.1, 0.15) is 0 Å². The van der Waals surface area contributed by atoms with Gasteiger partial charge >= 0.3 is 0 Å². The lowest BCUT2D eigenvalue weighted by atomic mass is 10.1. The summed E-state index contributed by atoms with van der Waals surface area (Å²) in [6, 6.07) is 1.21. The average molecular weight is 257 g/mol. The van der Waals surface area contributed by atoms with Gasteiger partial charge in [-0.3, -0.25) is 4.99 Å². The number of hydrogen-bond donors (Lipinski definition) is 1. The maximum absolute atomic E-state index is 4.65. The van der Waals surface area contributed by atoms with E-state index in [4.69, 9.17) is 0 Å². The Morgan fingerprint density at radius 2 is 2.24 bits per heavy atom. The second kappa shape index (κ2) is 7.27. The summed E-state index contributed by atoms with van der Waals surface area (Å²) in [5.74, 6) is 1.93. The first-order valence-electron chi connectivity index (χ1n) is 6.68. The van der Waals surface area contributed by atoms with Crippen molar-refractivity contribution in [3.63, 3.8) is 0 Å². The van der Waals surface area contributed by atoms with Gasteiger partial charge in [0.25, 0.3) is 0 Å². The monoisotopic (exact) mass is 257 g/mol. The maximum atomic E-state index is 4.65. The van der Waals surface area contributed by atoms with Crippen LogP contribution in [-0.2, 0) is 0 Å². The van der Waals surface area contributed by atoms with Gasteiger partial charge in [-0.15, -0.1) is 0 Å². The smallest absolute Gasteiger partial charge is 0.156 e. The van der Waals surface area contributed by atoms with Gasteiger partial charge in [0, 0.05) is 24.4 Å². The van der Waals surface area contributed by atoms with Crippen molar-refractivity contribution in [1.29, 1.82) is 0 Å². The van der Waals surface area contributed by atoms with E-state index in [0.717, 1.165) is 24.2 Å². The number of nitrogens with zero attached hydrogens (tertiary/aromatic N) is 2. The zero-order valence-electron chi connectivity index (χ0n) is 11.9. The third-order valence-corrected chi connectivity index (χ3v) is 4.95. The molecule has 4 heteroatoms. The molecule has 100 valence electrons. The van der Waals surface area contributed by atoms with Crippen LogP contribution < -0.4 is 5.32 Å². The second-order valence-corrected chi connectivity index (χ2v) is 6.15. The number of hydrogen-bond acceptors (Lipinski definition) is 3. The van der Waals surface area contributed by atoms with Crippen molar-refractivity contribution in [3.8, 4) is 0 Å². The van der Waals surface area contributed by atoms with Gasteiger partial charge in [0.15, 0.2) is 5.17 Å². The largest absolute Gasteiger partial charge is 0.362 e. The van der Waals surface area contributed by atoms with Crippen molar-refractivity contribution < 1.29 is 0 Å². The lowest BCUT2D eigenvalue weighted by Crippen LogP contribution is -2.41. The lowest BCUT2D eigenvalue weighted by Gasteiger charge is -2.28. The number of nitrogens with one attached hydrogen (secondary N) is 1. The summed E-state index contributed by atoms with van der Waals surface area (Å²) in [5.41, 5.74) is 0. The fraction of sp³-hybridized carbons (Fsp3) is 0.923. The predicted octanol–water partition coefficient (Wildman–Crippen LogP) is 2.43. The molecule has 0 aromatic heterocycles. The molecule has 0 radical (unpaired) electrons. The van der Waals surface area contributed by atoms with E-state index in [-0.39, 0.29) is 0 Å². The topological polar surface area (TPSA) is 27.6 Å². The molecule has 0 aromatic carbocycles. The Labute approximate surface area is 110 Å². The van der Waals surface area contributed by atoms with Crippen molar-refractivity contribution in [2.75, 3.05) is 25.9 Å². The van der Waals surface area contributed by atoms with Crippen LogP contribution in [0, 0.1) is 5.92 Å². The Balaban J connectivity index is 2.29. The maximum Gasteiger partial charge on any atom is 0.156 e. The minimum Gasteiger partial charge on any atom is -0.362 e. The van der Waals surface area contributed by atoms with Crippen molar-refractivity contribution in [3.05, 3.63) is 0 Å². The van der Waals surface area contributed by atoms with Gasteiger partial charge in [0.05, 0.1) is 6.54 Å². The highest BCUT2D eigenvalue weighted by atomic mass is 32.2. The minimum atomic E-state index is 0.558. The second-order valence-electron chi connectivity index (χ2n) is 5.15. The fourth-order valence-electron chi connectivity index (χ4n) is 1.67. The van der Waals surface area contributed by atoms with Crippen molar-refractivity contribution in [2.24, 2.45) is 10.9 Å². The van der Waals surface area contributed by atoms with E-state index in [2.05, 4.69) is 50.0 Å². The normalized spacial score (nSPS) is 29.4. The minimum absolute atomic E-state index is 0.558. The molecule has 0 aliphatic carbocycles. The van der Waals surface area contributed by atoms with Crippen LogP contribution in [0.5, 0.6) is 0 Å². The SMILES string of the molecule is CCC(C)N(C)CCN=C1NC(C)C(C)CS1. The molecule has 0 amide bonds. The van der Waals surface area contributed by atoms with Crippen molar-refractivity contribution in [1.82, 2.24) is 10.2 Å². The number of rotatable bonds is 5. The number of thioether (sulfide) groups is 1. The van der Waals surface area contributed by atoms with Gasteiger partial charge in [-0.1, -0.05) is 25.6 Å². The summed E-state index contributed by atoms with van der Waals surface area (Å²) >= 11 is 1.86. The van der Waals surface area contributed by atoms with Crippen LogP contribution in [0.15, 0.2) is 4.99 Å². The summed E-state index contributed by atoms with van der Waals surface area (Å²) in [6.07, 6.45) is 1.20. The first-order chi connectivity index (χ1) is 8.04. The van der Waals surface area contributed by atoms with Gasteiger partial charge in [-0.2, -0.15) is 0 Å². The number of aliphatic imine (C=N–C) groups is 1. The van der Waals surface area contributed by atoms with Crippen molar-refractivity contribution >= 4 is 16.9 Å². The Morgan fingerprint density at radius 1 is 1.53 bits per heavy atom. The number of amidine groups is 1. The van der Waals surface area contributed by atoms with Crippen LogP contribution in [0.3, 0.4) is 0 Å². The molecule has 17 heavy (non-hydrogen) atoms. The molecule has 1 rings (SSSR count). The van der Waals surface area contributed by atoms with Crippen LogP contribution in [0.1, 0.15) is 34.1 Å². The summed E-state index contributed by atoms with van der Waals surface area (Å²) in [4.78, 5) is 7.03. The Bertz CT molecular complexity index is 255. The van der Waals surface area contributed by atoms with E-state index in [1.807, 2.05) is 11.8 Å². The zero-order valence-corrected chi connectivity index (χ0v) is 12.7. The molecule has 0 saturated carbocycles. The van der Waals surface area contributed by atoms with Gasteiger partial charge in [0.2, 0.25) is 0 Å². The summed E-state index contributed by atoms with van der Waals surface area (Å²) in [5, 5.41) is 4.61. The molecular weight excluding hydrogens is 230 g/mol. The van der Waals surface area contributed by atoms with Gasteiger partial charge in [-0.25, -0.2) is 0 Å². The van der Waals surface area contributed by atoms with Crippen LogP contribution in [0.4, 0.5) is 0 Å². The van der Waals surface area contributed by atoms with Crippen LogP contribution in [0.25, 0.3) is 0 Å². The third kappa shape index (κ3) is 4.88.